The van der Waals surface area contributed by atoms with Crippen LogP contribution in [0.25, 0.3) is 0 Å². The lowest BCUT2D eigenvalue weighted by atomic mass is 10.1. The first-order valence-electron chi connectivity index (χ1n) is 7.40. The van der Waals surface area contributed by atoms with E-state index in [4.69, 9.17) is 27.9 Å². The average molecular weight is 369 g/mol. The molecule has 1 fully saturated rings. The minimum Gasteiger partial charge on any atom is -0.370 e. The molecule has 0 bridgehead atoms. The van der Waals surface area contributed by atoms with Gasteiger partial charge in [0.1, 0.15) is 11.9 Å². The SMILES string of the molecule is O=C(Nc1ccc(F)cc1)N1CCOC(c2cc(Cl)cc(Cl)c2)C1. The quantitative estimate of drug-likeness (QED) is 0.831. The van der Waals surface area contributed by atoms with Gasteiger partial charge in [-0.15, -0.1) is 0 Å². The lowest BCUT2D eigenvalue weighted by Crippen LogP contribution is -2.44. The smallest absolute Gasteiger partial charge is 0.322 e. The van der Waals surface area contributed by atoms with Crippen LogP contribution in [0, 0.1) is 5.82 Å². The fourth-order valence-electron chi connectivity index (χ4n) is 2.53. The zero-order chi connectivity index (χ0) is 17.1. The van der Waals surface area contributed by atoms with E-state index < -0.39 is 0 Å². The van der Waals surface area contributed by atoms with Gasteiger partial charge >= 0.3 is 6.03 Å². The van der Waals surface area contributed by atoms with Crippen LogP contribution in [0.1, 0.15) is 11.7 Å². The molecule has 1 saturated heterocycles. The minimum absolute atomic E-state index is 0.261. The van der Waals surface area contributed by atoms with Crippen molar-refractivity contribution in [1.82, 2.24) is 4.90 Å². The van der Waals surface area contributed by atoms with Crippen molar-refractivity contribution >= 4 is 34.9 Å². The summed E-state index contributed by atoms with van der Waals surface area (Å²) in [5.41, 5.74) is 1.36. The van der Waals surface area contributed by atoms with E-state index in [1.165, 1.54) is 24.3 Å². The third kappa shape index (κ3) is 4.17. The molecule has 1 unspecified atom stereocenters. The van der Waals surface area contributed by atoms with Crippen LogP contribution in [0.2, 0.25) is 10.0 Å². The van der Waals surface area contributed by atoms with Crippen LogP contribution in [-0.4, -0.2) is 30.6 Å². The molecular weight excluding hydrogens is 354 g/mol. The van der Waals surface area contributed by atoms with Crippen molar-refractivity contribution in [2.45, 2.75) is 6.10 Å². The Kier molecular flexibility index (Phi) is 5.23. The third-order valence-corrected chi connectivity index (χ3v) is 4.14. The highest BCUT2D eigenvalue weighted by molar-refractivity contribution is 6.34. The minimum atomic E-state index is -0.350. The van der Waals surface area contributed by atoms with Gasteiger partial charge in [0.15, 0.2) is 0 Å². The zero-order valence-electron chi connectivity index (χ0n) is 12.6. The molecule has 2 aromatic carbocycles. The number of anilines is 1. The van der Waals surface area contributed by atoms with Crippen molar-refractivity contribution < 1.29 is 13.9 Å². The van der Waals surface area contributed by atoms with Gasteiger partial charge in [-0.25, -0.2) is 9.18 Å². The van der Waals surface area contributed by atoms with E-state index in [1.807, 2.05) is 0 Å². The van der Waals surface area contributed by atoms with Gasteiger partial charge in [0.25, 0.3) is 0 Å². The molecule has 2 aromatic rings. The Bertz CT molecular complexity index is 720. The van der Waals surface area contributed by atoms with Crippen molar-refractivity contribution in [3.63, 3.8) is 0 Å². The molecule has 1 N–H and O–H groups in total. The summed E-state index contributed by atoms with van der Waals surface area (Å²) in [6.07, 6.45) is -0.297. The molecule has 1 aliphatic rings. The fraction of sp³-hybridized carbons (Fsp3) is 0.235. The number of nitrogens with zero attached hydrogens (tertiary/aromatic N) is 1. The van der Waals surface area contributed by atoms with Gasteiger partial charge in [0.05, 0.1) is 13.2 Å². The predicted molar refractivity (Wildman–Crippen MR) is 92.1 cm³/mol. The molecule has 0 radical (unpaired) electrons. The Labute approximate surface area is 149 Å². The van der Waals surface area contributed by atoms with Crippen LogP contribution >= 0.6 is 23.2 Å². The Morgan fingerprint density at radius 2 is 1.83 bits per heavy atom. The maximum absolute atomic E-state index is 12.9. The number of urea groups is 1. The molecule has 0 saturated carbocycles. The summed E-state index contributed by atoms with van der Waals surface area (Å²) in [6.45, 7) is 1.26. The van der Waals surface area contributed by atoms with Crippen LogP contribution < -0.4 is 5.32 Å². The highest BCUT2D eigenvalue weighted by Gasteiger charge is 2.26. The first-order chi connectivity index (χ1) is 11.5. The number of halogens is 3. The Morgan fingerprint density at radius 1 is 1.17 bits per heavy atom. The van der Waals surface area contributed by atoms with Crippen LogP contribution in [0.3, 0.4) is 0 Å². The summed E-state index contributed by atoms with van der Waals surface area (Å²) in [7, 11) is 0. The molecule has 7 heteroatoms. The van der Waals surface area contributed by atoms with Gasteiger partial charge in [-0.1, -0.05) is 23.2 Å². The number of carbonyl (C=O) groups is 1. The van der Waals surface area contributed by atoms with E-state index in [0.29, 0.717) is 35.4 Å². The highest BCUT2D eigenvalue weighted by Crippen LogP contribution is 2.28. The fourth-order valence-corrected chi connectivity index (χ4v) is 3.08. The molecule has 1 atom stereocenters. The zero-order valence-corrected chi connectivity index (χ0v) is 14.1. The number of morpholine rings is 1. The van der Waals surface area contributed by atoms with Gasteiger partial charge in [0, 0.05) is 22.3 Å². The topological polar surface area (TPSA) is 41.6 Å². The lowest BCUT2D eigenvalue weighted by molar-refractivity contribution is -0.0134. The van der Waals surface area contributed by atoms with Crippen LogP contribution in [-0.2, 0) is 4.74 Å². The molecule has 0 aliphatic carbocycles. The van der Waals surface area contributed by atoms with Crippen molar-refractivity contribution in [3.8, 4) is 0 Å². The van der Waals surface area contributed by atoms with E-state index in [2.05, 4.69) is 5.32 Å². The van der Waals surface area contributed by atoms with Crippen molar-refractivity contribution in [1.29, 1.82) is 0 Å². The molecule has 24 heavy (non-hydrogen) atoms. The number of amides is 2. The van der Waals surface area contributed by atoms with Crippen molar-refractivity contribution in [3.05, 3.63) is 63.9 Å². The largest absolute Gasteiger partial charge is 0.370 e. The van der Waals surface area contributed by atoms with E-state index in [9.17, 15) is 9.18 Å². The Morgan fingerprint density at radius 3 is 2.50 bits per heavy atom. The number of hydrogen-bond donors (Lipinski definition) is 1. The highest BCUT2D eigenvalue weighted by atomic mass is 35.5. The monoisotopic (exact) mass is 368 g/mol. The third-order valence-electron chi connectivity index (χ3n) is 3.71. The van der Waals surface area contributed by atoms with E-state index in [-0.39, 0.29) is 18.0 Å². The van der Waals surface area contributed by atoms with Gasteiger partial charge in [0.2, 0.25) is 0 Å². The number of carbonyl (C=O) groups excluding carboxylic acids is 1. The van der Waals surface area contributed by atoms with Gasteiger partial charge in [-0.3, -0.25) is 0 Å². The summed E-state index contributed by atoms with van der Waals surface area (Å²) in [5.74, 6) is -0.350. The number of benzene rings is 2. The first-order valence-corrected chi connectivity index (χ1v) is 8.16. The Hall–Kier alpha value is -1.82. The van der Waals surface area contributed by atoms with E-state index in [0.717, 1.165) is 5.56 Å². The van der Waals surface area contributed by atoms with Crippen LogP contribution in [0.4, 0.5) is 14.9 Å². The van der Waals surface area contributed by atoms with Gasteiger partial charge < -0.3 is 15.0 Å². The molecule has 1 heterocycles. The number of nitrogens with one attached hydrogen (secondary N) is 1. The molecule has 4 nitrogen and oxygen atoms in total. The van der Waals surface area contributed by atoms with Crippen molar-refractivity contribution in [2.24, 2.45) is 0 Å². The molecule has 0 aromatic heterocycles. The second kappa shape index (κ2) is 7.38. The molecule has 1 aliphatic heterocycles. The van der Waals surface area contributed by atoms with Crippen molar-refractivity contribution in [2.75, 3.05) is 25.0 Å². The second-order valence-electron chi connectivity index (χ2n) is 5.45. The van der Waals surface area contributed by atoms with Gasteiger partial charge in [-0.05, 0) is 48.0 Å². The van der Waals surface area contributed by atoms with E-state index in [1.54, 1.807) is 23.1 Å². The normalized spacial score (nSPS) is 17.6. The Balaban J connectivity index is 1.68. The van der Waals surface area contributed by atoms with Crippen LogP contribution in [0.5, 0.6) is 0 Å². The predicted octanol–water partition coefficient (Wildman–Crippen LogP) is 4.74. The number of rotatable bonds is 2. The molecular formula is C17H15Cl2FN2O2. The maximum atomic E-state index is 12.9. The number of ether oxygens (including phenoxy) is 1. The summed E-state index contributed by atoms with van der Waals surface area (Å²) in [6, 6.07) is 10.6. The molecule has 126 valence electrons. The molecule has 2 amide bonds. The average Bonchev–Trinajstić information content (AvgIpc) is 2.56. The maximum Gasteiger partial charge on any atom is 0.322 e. The summed E-state index contributed by atoms with van der Waals surface area (Å²) >= 11 is 12.0. The lowest BCUT2D eigenvalue weighted by Gasteiger charge is -2.33. The number of hydrogen-bond acceptors (Lipinski definition) is 2. The molecule has 0 spiro atoms. The summed E-state index contributed by atoms with van der Waals surface area (Å²) in [5, 5.41) is 3.79. The standard InChI is InChI=1S/C17H15Cl2FN2O2/c18-12-7-11(8-13(19)9-12)16-10-22(5-6-24-16)17(23)21-15-3-1-14(20)2-4-15/h1-4,7-9,16H,5-6,10H2,(H,21,23). The first kappa shape index (κ1) is 17.0. The second-order valence-corrected chi connectivity index (χ2v) is 6.32. The van der Waals surface area contributed by atoms with Crippen LogP contribution in [0.15, 0.2) is 42.5 Å². The van der Waals surface area contributed by atoms with E-state index >= 15 is 0 Å². The summed E-state index contributed by atoms with van der Waals surface area (Å²) < 4.78 is 18.7. The molecule has 3 rings (SSSR count). The summed E-state index contributed by atoms with van der Waals surface area (Å²) in [4.78, 5) is 14.0. The van der Waals surface area contributed by atoms with Gasteiger partial charge in [-0.2, -0.15) is 0 Å².